The van der Waals surface area contributed by atoms with Gasteiger partial charge in [0.25, 0.3) is 0 Å². The third-order valence-electron chi connectivity index (χ3n) is 2.58. The van der Waals surface area contributed by atoms with Gasteiger partial charge in [-0.25, -0.2) is 0 Å². The molecule has 2 rings (SSSR count). The highest BCUT2D eigenvalue weighted by Crippen LogP contribution is 2.34. The summed E-state index contributed by atoms with van der Waals surface area (Å²) >= 11 is 0. The molecule has 0 N–H and O–H groups in total. The first-order chi connectivity index (χ1) is 7.11. The normalized spacial score (nSPS) is 15.1. The minimum Gasteiger partial charge on any atom is -0.490 e. The lowest BCUT2D eigenvalue weighted by Crippen LogP contribution is -2.07. The molecule has 0 atom stereocenters. The largest absolute Gasteiger partial charge is 0.490 e. The number of rotatable bonds is 2. The van der Waals surface area contributed by atoms with Crippen LogP contribution in [0.25, 0.3) is 0 Å². The van der Waals surface area contributed by atoms with Gasteiger partial charge in [-0.3, -0.25) is 15.0 Å². The maximum absolute atomic E-state index is 10.8. The molecular weight excluding hydrogens is 196 g/mol. The maximum atomic E-state index is 10.8. The number of hydrogen-bond donors (Lipinski definition) is 0. The SMILES string of the molecule is COc1cc2c(cc1[N+](=O)[O-])CN(C)C2. The second-order valence-corrected chi connectivity index (χ2v) is 3.72. The third kappa shape index (κ3) is 1.66. The molecule has 0 fully saturated rings. The van der Waals surface area contributed by atoms with Crippen LogP contribution in [0.4, 0.5) is 5.69 Å². The Labute approximate surface area is 87.4 Å². The molecule has 0 saturated heterocycles. The molecule has 0 amide bonds. The summed E-state index contributed by atoms with van der Waals surface area (Å²) in [4.78, 5) is 12.5. The summed E-state index contributed by atoms with van der Waals surface area (Å²) in [5.41, 5.74) is 2.18. The maximum Gasteiger partial charge on any atom is 0.311 e. The van der Waals surface area contributed by atoms with Crippen LogP contribution in [0.15, 0.2) is 12.1 Å². The summed E-state index contributed by atoms with van der Waals surface area (Å²) in [6, 6.07) is 3.37. The standard InChI is InChI=1S/C10H12N2O3/c1-11-5-7-3-9(12(13)14)10(15-2)4-8(7)6-11/h3-4H,5-6H2,1-2H3. The van der Waals surface area contributed by atoms with E-state index in [9.17, 15) is 10.1 Å². The van der Waals surface area contributed by atoms with Crippen LogP contribution in [-0.2, 0) is 13.1 Å². The van der Waals surface area contributed by atoms with Crippen LogP contribution in [0.1, 0.15) is 11.1 Å². The first-order valence-electron chi connectivity index (χ1n) is 4.64. The molecule has 0 aromatic heterocycles. The lowest BCUT2D eigenvalue weighted by atomic mass is 10.1. The molecule has 5 heteroatoms. The number of nitro groups is 1. The molecule has 5 nitrogen and oxygen atoms in total. The van der Waals surface area contributed by atoms with E-state index in [0.717, 1.165) is 24.2 Å². The molecule has 0 unspecified atom stereocenters. The van der Waals surface area contributed by atoms with Gasteiger partial charge >= 0.3 is 5.69 Å². The number of nitrogens with zero attached hydrogens (tertiary/aromatic N) is 2. The Balaban J connectivity index is 2.50. The van der Waals surface area contributed by atoms with Gasteiger partial charge in [-0.15, -0.1) is 0 Å². The highest BCUT2D eigenvalue weighted by atomic mass is 16.6. The van der Waals surface area contributed by atoms with Crippen molar-refractivity contribution in [1.29, 1.82) is 0 Å². The van der Waals surface area contributed by atoms with E-state index < -0.39 is 4.92 Å². The van der Waals surface area contributed by atoms with Gasteiger partial charge in [-0.2, -0.15) is 0 Å². The van der Waals surface area contributed by atoms with Gasteiger partial charge in [-0.1, -0.05) is 0 Å². The van der Waals surface area contributed by atoms with E-state index in [1.54, 1.807) is 12.1 Å². The lowest BCUT2D eigenvalue weighted by molar-refractivity contribution is -0.385. The molecule has 1 aromatic carbocycles. The Morgan fingerprint density at radius 2 is 2.00 bits per heavy atom. The zero-order valence-corrected chi connectivity index (χ0v) is 8.69. The Morgan fingerprint density at radius 1 is 1.40 bits per heavy atom. The molecule has 15 heavy (non-hydrogen) atoms. The van der Waals surface area contributed by atoms with Crippen LogP contribution in [0.2, 0.25) is 0 Å². The number of hydrogen-bond acceptors (Lipinski definition) is 4. The van der Waals surface area contributed by atoms with Crippen molar-refractivity contribution in [2.24, 2.45) is 0 Å². The van der Waals surface area contributed by atoms with Crippen molar-refractivity contribution in [1.82, 2.24) is 4.90 Å². The fourth-order valence-corrected chi connectivity index (χ4v) is 1.89. The number of benzene rings is 1. The molecule has 0 radical (unpaired) electrons. The van der Waals surface area contributed by atoms with Crippen molar-refractivity contribution in [3.05, 3.63) is 33.4 Å². The van der Waals surface area contributed by atoms with Crippen LogP contribution < -0.4 is 4.74 Å². The summed E-state index contributed by atoms with van der Waals surface area (Å²) in [7, 11) is 3.44. The number of ether oxygens (including phenoxy) is 1. The zero-order valence-electron chi connectivity index (χ0n) is 8.69. The van der Waals surface area contributed by atoms with E-state index in [-0.39, 0.29) is 5.69 Å². The van der Waals surface area contributed by atoms with Crippen LogP contribution in [0.5, 0.6) is 5.75 Å². The van der Waals surface area contributed by atoms with Crippen molar-refractivity contribution in [2.45, 2.75) is 13.1 Å². The Hall–Kier alpha value is -1.62. The minimum atomic E-state index is -0.405. The van der Waals surface area contributed by atoms with Gasteiger partial charge in [0.1, 0.15) is 0 Å². The third-order valence-corrected chi connectivity index (χ3v) is 2.58. The van der Waals surface area contributed by atoms with Crippen LogP contribution in [0.3, 0.4) is 0 Å². The van der Waals surface area contributed by atoms with Crippen molar-refractivity contribution in [3.63, 3.8) is 0 Å². The molecule has 1 aliphatic heterocycles. The van der Waals surface area contributed by atoms with Crippen molar-refractivity contribution in [3.8, 4) is 5.75 Å². The molecule has 0 bridgehead atoms. The highest BCUT2D eigenvalue weighted by molar-refractivity contribution is 5.53. The molecule has 0 aliphatic carbocycles. The van der Waals surface area contributed by atoms with Crippen molar-refractivity contribution < 1.29 is 9.66 Å². The summed E-state index contributed by atoms with van der Waals surface area (Å²) in [6.07, 6.45) is 0. The van der Waals surface area contributed by atoms with Gasteiger partial charge in [0.15, 0.2) is 5.75 Å². The number of methoxy groups -OCH3 is 1. The van der Waals surface area contributed by atoms with E-state index in [2.05, 4.69) is 4.90 Å². The monoisotopic (exact) mass is 208 g/mol. The predicted octanol–water partition coefficient (Wildman–Crippen LogP) is 1.55. The Kier molecular flexibility index (Phi) is 2.32. The van der Waals surface area contributed by atoms with Gasteiger partial charge < -0.3 is 4.74 Å². The highest BCUT2D eigenvalue weighted by Gasteiger charge is 2.23. The Bertz CT molecular complexity index is 417. The first-order valence-corrected chi connectivity index (χ1v) is 4.64. The van der Waals surface area contributed by atoms with Gasteiger partial charge in [-0.05, 0) is 24.2 Å². The average Bonchev–Trinajstić information content (AvgIpc) is 2.54. The van der Waals surface area contributed by atoms with E-state index in [4.69, 9.17) is 4.74 Å². The lowest BCUT2D eigenvalue weighted by Gasteiger charge is -2.04. The van der Waals surface area contributed by atoms with Crippen molar-refractivity contribution in [2.75, 3.05) is 14.2 Å². The molecule has 0 saturated carbocycles. The van der Waals surface area contributed by atoms with E-state index >= 15 is 0 Å². The van der Waals surface area contributed by atoms with Gasteiger partial charge in [0, 0.05) is 19.2 Å². The second-order valence-electron chi connectivity index (χ2n) is 3.72. The van der Waals surface area contributed by atoms with Crippen LogP contribution in [-0.4, -0.2) is 24.0 Å². The topological polar surface area (TPSA) is 55.6 Å². The first kappa shape index (κ1) is 9.92. The molecular formula is C10H12N2O3. The van der Waals surface area contributed by atoms with Crippen molar-refractivity contribution >= 4 is 5.69 Å². The van der Waals surface area contributed by atoms with Crippen LogP contribution in [0, 0.1) is 10.1 Å². The minimum absolute atomic E-state index is 0.0477. The summed E-state index contributed by atoms with van der Waals surface area (Å²) < 4.78 is 5.01. The molecule has 1 heterocycles. The van der Waals surface area contributed by atoms with E-state index in [0.29, 0.717) is 5.75 Å². The molecule has 1 aromatic rings. The zero-order chi connectivity index (χ0) is 11.0. The number of fused-ring (bicyclic) bond motifs is 1. The summed E-state index contributed by atoms with van der Waals surface area (Å²) in [5, 5.41) is 10.8. The quantitative estimate of drug-likeness (QED) is 0.546. The summed E-state index contributed by atoms with van der Waals surface area (Å²) in [5.74, 6) is 0.342. The predicted molar refractivity (Wildman–Crippen MR) is 54.8 cm³/mol. The fourth-order valence-electron chi connectivity index (χ4n) is 1.89. The molecule has 0 spiro atoms. The molecule has 1 aliphatic rings. The van der Waals surface area contributed by atoms with Gasteiger partial charge in [0.05, 0.1) is 12.0 Å². The average molecular weight is 208 g/mol. The number of nitro benzene ring substituents is 1. The van der Waals surface area contributed by atoms with E-state index in [1.807, 2.05) is 7.05 Å². The van der Waals surface area contributed by atoms with E-state index in [1.165, 1.54) is 7.11 Å². The second kappa shape index (κ2) is 3.51. The molecule has 80 valence electrons. The summed E-state index contributed by atoms with van der Waals surface area (Å²) in [6.45, 7) is 1.59. The Morgan fingerprint density at radius 3 is 2.53 bits per heavy atom. The fraction of sp³-hybridized carbons (Fsp3) is 0.400. The van der Waals surface area contributed by atoms with Crippen LogP contribution >= 0.6 is 0 Å². The smallest absolute Gasteiger partial charge is 0.311 e. The van der Waals surface area contributed by atoms with Gasteiger partial charge in [0.2, 0.25) is 0 Å².